The van der Waals surface area contributed by atoms with E-state index in [1.807, 2.05) is 32.0 Å². The first kappa shape index (κ1) is 15.9. The highest BCUT2D eigenvalue weighted by molar-refractivity contribution is 7.99. The Bertz CT molecular complexity index is 650. The van der Waals surface area contributed by atoms with Crippen LogP contribution >= 0.6 is 11.8 Å². The van der Waals surface area contributed by atoms with Crippen LogP contribution in [0.2, 0.25) is 0 Å². The van der Waals surface area contributed by atoms with Crippen LogP contribution in [0, 0.1) is 13.8 Å². The van der Waals surface area contributed by atoms with Gasteiger partial charge in [0.1, 0.15) is 0 Å². The van der Waals surface area contributed by atoms with Gasteiger partial charge in [-0.25, -0.2) is 0 Å². The van der Waals surface area contributed by atoms with Gasteiger partial charge in [-0.2, -0.15) is 13.2 Å². The topological polar surface area (TPSA) is 26.0 Å². The Labute approximate surface area is 126 Å². The third kappa shape index (κ3) is 3.80. The SMILES string of the molecule is Cc1ccc(C)c(Sc2ccc(C(F)(F)F)cc2CN)c1. The monoisotopic (exact) mass is 311 g/mol. The highest BCUT2D eigenvalue weighted by Crippen LogP contribution is 2.36. The van der Waals surface area contributed by atoms with Crippen molar-refractivity contribution in [2.45, 2.75) is 36.4 Å². The van der Waals surface area contributed by atoms with E-state index in [-0.39, 0.29) is 6.54 Å². The summed E-state index contributed by atoms with van der Waals surface area (Å²) in [6, 6.07) is 9.77. The van der Waals surface area contributed by atoms with Crippen LogP contribution in [-0.2, 0) is 12.7 Å². The highest BCUT2D eigenvalue weighted by Gasteiger charge is 2.30. The van der Waals surface area contributed by atoms with Crippen LogP contribution in [0.1, 0.15) is 22.3 Å². The van der Waals surface area contributed by atoms with Crippen molar-refractivity contribution in [2.24, 2.45) is 5.73 Å². The minimum atomic E-state index is -4.34. The molecule has 2 aromatic carbocycles. The van der Waals surface area contributed by atoms with Crippen LogP contribution in [0.25, 0.3) is 0 Å². The maximum absolute atomic E-state index is 12.7. The van der Waals surface area contributed by atoms with E-state index in [0.29, 0.717) is 5.56 Å². The second-order valence-corrected chi connectivity index (χ2v) is 5.98. The van der Waals surface area contributed by atoms with Crippen LogP contribution < -0.4 is 5.73 Å². The van der Waals surface area contributed by atoms with Gasteiger partial charge in [-0.15, -0.1) is 0 Å². The van der Waals surface area contributed by atoms with Crippen molar-refractivity contribution in [3.05, 3.63) is 58.7 Å². The number of nitrogens with two attached hydrogens (primary N) is 1. The van der Waals surface area contributed by atoms with Crippen molar-refractivity contribution in [1.82, 2.24) is 0 Å². The first-order valence-corrected chi connectivity index (χ1v) is 7.28. The fourth-order valence-corrected chi connectivity index (χ4v) is 3.07. The van der Waals surface area contributed by atoms with Crippen LogP contribution in [-0.4, -0.2) is 0 Å². The summed E-state index contributed by atoms with van der Waals surface area (Å²) in [6.45, 7) is 4.05. The fraction of sp³-hybridized carbons (Fsp3) is 0.250. The molecular formula is C16H16F3NS. The summed E-state index contributed by atoms with van der Waals surface area (Å²) >= 11 is 1.45. The molecule has 0 bridgehead atoms. The molecule has 0 radical (unpaired) electrons. The Morgan fingerprint density at radius 2 is 1.71 bits per heavy atom. The van der Waals surface area contributed by atoms with E-state index in [1.54, 1.807) is 0 Å². The Hall–Kier alpha value is -1.46. The Balaban J connectivity index is 2.38. The molecule has 0 aliphatic heterocycles. The fourth-order valence-electron chi connectivity index (χ4n) is 1.95. The van der Waals surface area contributed by atoms with E-state index < -0.39 is 11.7 Å². The molecule has 0 aromatic heterocycles. The molecule has 2 rings (SSSR count). The van der Waals surface area contributed by atoms with Crippen molar-refractivity contribution in [1.29, 1.82) is 0 Å². The molecule has 2 aromatic rings. The number of rotatable bonds is 3. The van der Waals surface area contributed by atoms with Crippen molar-refractivity contribution in [2.75, 3.05) is 0 Å². The molecule has 21 heavy (non-hydrogen) atoms. The number of alkyl halides is 3. The number of hydrogen-bond donors (Lipinski definition) is 1. The summed E-state index contributed by atoms with van der Waals surface area (Å²) in [5.41, 5.74) is 7.66. The molecular weight excluding hydrogens is 295 g/mol. The van der Waals surface area contributed by atoms with Crippen LogP contribution in [0.5, 0.6) is 0 Å². The minimum absolute atomic E-state index is 0.0805. The predicted octanol–water partition coefficient (Wildman–Crippen LogP) is 4.93. The van der Waals surface area contributed by atoms with Crippen LogP contribution in [0.4, 0.5) is 13.2 Å². The van der Waals surface area contributed by atoms with Gasteiger partial charge in [0.2, 0.25) is 0 Å². The van der Waals surface area contributed by atoms with Crippen molar-refractivity contribution in [3.8, 4) is 0 Å². The van der Waals surface area contributed by atoms with Crippen molar-refractivity contribution in [3.63, 3.8) is 0 Å². The number of benzene rings is 2. The van der Waals surface area contributed by atoms with E-state index in [2.05, 4.69) is 0 Å². The lowest BCUT2D eigenvalue weighted by Gasteiger charge is -2.13. The Morgan fingerprint density at radius 1 is 1.00 bits per heavy atom. The standard InChI is InChI=1S/C16H16F3NS/c1-10-3-4-11(2)15(7-10)21-14-6-5-13(16(17,18)19)8-12(14)9-20/h3-8H,9,20H2,1-2H3. The maximum Gasteiger partial charge on any atom is 0.416 e. The minimum Gasteiger partial charge on any atom is -0.326 e. The molecule has 0 amide bonds. The Kier molecular flexibility index (Phi) is 4.64. The zero-order chi connectivity index (χ0) is 15.6. The second-order valence-electron chi connectivity index (χ2n) is 4.90. The van der Waals surface area contributed by atoms with Gasteiger partial charge in [0.15, 0.2) is 0 Å². The van der Waals surface area contributed by atoms with Crippen molar-refractivity contribution >= 4 is 11.8 Å². The van der Waals surface area contributed by atoms with Gasteiger partial charge >= 0.3 is 6.18 Å². The van der Waals surface area contributed by atoms with E-state index in [0.717, 1.165) is 33.1 Å². The smallest absolute Gasteiger partial charge is 0.326 e. The van der Waals surface area contributed by atoms with Gasteiger partial charge in [-0.3, -0.25) is 0 Å². The molecule has 0 atom stereocenters. The normalized spacial score (nSPS) is 11.7. The lowest BCUT2D eigenvalue weighted by atomic mass is 10.1. The third-order valence-electron chi connectivity index (χ3n) is 3.17. The first-order valence-electron chi connectivity index (χ1n) is 6.46. The largest absolute Gasteiger partial charge is 0.416 e. The molecule has 0 aliphatic carbocycles. The lowest BCUT2D eigenvalue weighted by molar-refractivity contribution is -0.137. The zero-order valence-electron chi connectivity index (χ0n) is 11.8. The van der Waals surface area contributed by atoms with Gasteiger partial charge in [0, 0.05) is 16.3 Å². The average molecular weight is 311 g/mol. The summed E-state index contributed by atoms with van der Waals surface area (Å²) in [7, 11) is 0. The number of halogens is 3. The molecule has 1 nitrogen and oxygen atoms in total. The van der Waals surface area contributed by atoms with Gasteiger partial charge in [0.05, 0.1) is 5.56 Å². The van der Waals surface area contributed by atoms with Gasteiger partial charge in [0.25, 0.3) is 0 Å². The second kappa shape index (κ2) is 6.12. The van der Waals surface area contributed by atoms with E-state index in [9.17, 15) is 13.2 Å². The predicted molar refractivity (Wildman–Crippen MR) is 79.4 cm³/mol. The average Bonchev–Trinajstić information content (AvgIpc) is 2.42. The molecule has 0 fully saturated rings. The Morgan fingerprint density at radius 3 is 2.33 bits per heavy atom. The van der Waals surface area contributed by atoms with E-state index >= 15 is 0 Å². The molecule has 112 valence electrons. The first-order chi connectivity index (χ1) is 9.81. The number of hydrogen-bond acceptors (Lipinski definition) is 2. The molecule has 0 saturated carbocycles. The number of aryl methyl sites for hydroxylation is 2. The lowest BCUT2D eigenvalue weighted by Crippen LogP contribution is -2.07. The summed E-state index contributed by atoms with van der Waals surface area (Å²) in [5, 5.41) is 0. The summed E-state index contributed by atoms with van der Waals surface area (Å²) in [6.07, 6.45) is -4.34. The summed E-state index contributed by atoms with van der Waals surface area (Å²) < 4.78 is 38.2. The van der Waals surface area contributed by atoms with E-state index in [4.69, 9.17) is 5.73 Å². The molecule has 0 unspecified atom stereocenters. The molecule has 0 aliphatic rings. The van der Waals surface area contributed by atoms with Crippen molar-refractivity contribution < 1.29 is 13.2 Å². The zero-order valence-corrected chi connectivity index (χ0v) is 12.6. The van der Waals surface area contributed by atoms with Crippen LogP contribution in [0.15, 0.2) is 46.2 Å². The molecule has 2 N–H and O–H groups in total. The van der Waals surface area contributed by atoms with Gasteiger partial charge < -0.3 is 5.73 Å². The van der Waals surface area contributed by atoms with E-state index in [1.165, 1.54) is 17.8 Å². The molecule has 0 heterocycles. The molecule has 0 saturated heterocycles. The maximum atomic E-state index is 12.7. The highest BCUT2D eigenvalue weighted by atomic mass is 32.2. The van der Waals surface area contributed by atoms with Gasteiger partial charge in [-0.05, 0) is 54.8 Å². The van der Waals surface area contributed by atoms with Gasteiger partial charge in [-0.1, -0.05) is 23.9 Å². The molecule has 5 heteroatoms. The summed E-state index contributed by atoms with van der Waals surface area (Å²) in [4.78, 5) is 1.80. The molecule has 0 spiro atoms. The summed E-state index contributed by atoms with van der Waals surface area (Å²) in [5.74, 6) is 0. The third-order valence-corrected chi connectivity index (χ3v) is 4.45. The van der Waals surface area contributed by atoms with Crippen LogP contribution in [0.3, 0.4) is 0 Å². The quantitative estimate of drug-likeness (QED) is 0.869.